The van der Waals surface area contributed by atoms with Crippen LogP contribution in [0.5, 0.6) is 0 Å². The quantitative estimate of drug-likeness (QED) is 0.106. The molecule has 12 rings (SSSR count). The van der Waals surface area contributed by atoms with Gasteiger partial charge in [-0.2, -0.15) is 0 Å². The highest BCUT2D eigenvalue weighted by Crippen LogP contribution is 2.47. The number of hydrogen-bond donors (Lipinski definition) is 0. The molecule has 0 fully saturated rings. The zero-order valence-electron chi connectivity index (χ0n) is 36.4. The molecule has 0 aliphatic carbocycles. The molecule has 0 amide bonds. The zero-order chi connectivity index (χ0) is 43.8. The van der Waals surface area contributed by atoms with Crippen LogP contribution in [-0.2, 0) is 0 Å². The Morgan fingerprint density at radius 3 is 1.03 bits per heavy atom. The van der Waals surface area contributed by atoms with Gasteiger partial charge in [0.15, 0.2) is 0 Å². The van der Waals surface area contributed by atoms with Crippen molar-refractivity contribution in [2.75, 3.05) is 0 Å². The van der Waals surface area contributed by atoms with Crippen LogP contribution in [0.25, 0.3) is 122 Å². The highest BCUT2D eigenvalue weighted by molar-refractivity contribution is 6.23. The van der Waals surface area contributed by atoms with E-state index in [1.54, 1.807) is 0 Å². The highest BCUT2D eigenvalue weighted by Gasteiger charge is 2.20. The molecule has 0 aliphatic heterocycles. The second-order valence-corrected chi connectivity index (χ2v) is 17.1. The molecule has 0 nitrogen and oxygen atoms in total. The minimum Gasteiger partial charge on any atom is -0.0622 e. The second kappa shape index (κ2) is 16.8. The monoisotopic (exact) mass is 836 g/mol. The van der Waals surface area contributed by atoms with E-state index in [-0.39, 0.29) is 0 Å². The number of fused-ring (bicyclic) bond motifs is 4. The fourth-order valence-corrected chi connectivity index (χ4v) is 10.3. The van der Waals surface area contributed by atoms with Gasteiger partial charge in [0, 0.05) is 0 Å². The molecule has 0 spiro atoms. The van der Waals surface area contributed by atoms with E-state index < -0.39 is 0 Å². The maximum Gasteiger partial charge on any atom is -0.00201 e. The van der Waals surface area contributed by atoms with Gasteiger partial charge in [-0.1, -0.05) is 255 Å². The summed E-state index contributed by atoms with van der Waals surface area (Å²) in [6.07, 6.45) is 4.45. The lowest BCUT2D eigenvalue weighted by Gasteiger charge is -2.19. The average molecular weight is 837 g/mol. The summed E-state index contributed by atoms with van der Waals surface area (Å²) in [4.78, 5) is 0. The molecule has 0 bridgehead atoms. The summed E-state index contributed by atoms with van der Waals surface area (Å²) < 4.78 is 0. The molecule has 0 heteroatoms. The first-order valence-corrected chi connectivity index (χ1v) is 22.8. The van der Waals surface area contributed by atoms with Gasteiger partial charge in [-0.3, -0.25) is 0 Å². The predicted octanol–water partition coefficient (Wildman–Crippen LogP) is 18.5. The average Bonchev–Trinajstić information content (AvgIpc) is 3.39. The normalized spacial score (nSPS) is 11.6. The first-order valence-electron chi connectivity index (χ1n) is 22.8. The zero-order valence-corrected chi connectivity index (χ0v) is 36.4. The Bertz CT molecular complexity index is 3670. The van der Waals surface area contributed by atoms with E-state index in [4.69, 9.17) is 0 Å². The van der Waals surface area contributed by atoms with E-state index in [1.807, 2.05) is 0 Å². The molecule has 0 N–H and O–H groups in total. The molecule has 0 saturated heterocycles. The Hall–Kier alpha value is -8.58. The lowest BCUT2D eigenvalue weighted by atomic mass is 9.84. The summed E-state index contributed by atoms with van der Waals surface area (Å²) in [5.74, 6) is 0. The molecule has 0 saturated carbocycles. The van der Waals surface area contributed by atoms with Crippen LogP contribution in [0, 0.1) is 0 Å². The number of rotatable bonds is 8. The van der Waals surface area contributed by atoms with Gasteiger partial charge in [0.05, 0.1) is 0 Å². The van der Waals surface area contributed by atoms with Gasteiger partial charge in [-0.15, -0.1) is 0 Å². The summed E-state index contributed by atoms with van der Waals surface area (Å²) in [5.41, 5.74) is 17.2. The summed E-state index contributed by atoms with van der Waals surface area (Å²) in [6.45, 7) is 0. The maximum absolute atomic E-state index is 2.36. The molecular weight excluding hydrogens is 793 g/mol. The van der Waals surface area contributed by atoms with Crippen molar-refractivity contribution in [3.8, 4) is 66.8 Å². The SMILES string of the molecule is C(=Cc1cccc(-c2cccc(-c3c4ccccc4c(-c4ccccc4)c4ccccc34)c2)c1)c1ccc(-c2ccccc2-c2c3ccccc3c(-c3ccccc3)c3ccccc23)cc1. The van der Waals surface area contributed by atoms with Crippen LogP contribution in [0.1, 0.15) is 11.1 Å². The van der Waals surface area contributed by atoms with Crippen LogP contribution in [0.4, 0.5) is 0 Å². The van der Waals surface area contributed by atoms with Crippen molar-refractivity contribution in [3.05, 3.63) is 266 Å². The van der Waals surface area contributed by atoms with Crippen LogP contribution in [0.15, 0.2) is 255 Å². The van der Waals surface area contributed by atoms with Crippen LogP contribution in [-0.4, -0.2) is 0 Å². The van der Waals surface area contributed by atoms with Gasteiger partial charge in [-0.05, 0) is 133 Å². The molecule has 0 heterocycles. The largest absolute Gasteiger partial charge is 0.0622 e. The van der Waals surface area contributed by atoms with E-state index in [1.165, 1.54) is 110 Å². The molecule has 0 atom stereocenters. The molecule has 0 aromatic heterocycles. The van der Waals surface area contributed by atoms with Crippen LogP contribution in [0.3, 0.4) is 0 Å². The standard InChI is InChI=1S/C66H44/c1-3-20-48(21-4-1)63-55-29-9-11-31-57(55)65(58-32-12-10-30-56(58)63)52-26-18-25-51(44-52)50-24-17-19-46(43-50)38-37-45-39-41-47(42-40-45)53-27-7-8-28-54(53)66-61-35-15-13-33-59(61)64(49-22-5-2-6-23-49)60-34-14-16-36-62(60)66/h1-44H. The third kappa shape index (κ3) is 6.97. The molecule has 12 aromatic carbocycles. The Morgan fingerprint density at radius 1 is 0.182 bits per heavy atom. The van der Waals surface area contributed by atoms with Crippen molar-refractivity contribution in [2.24, 2.45) is 0 Å². The lowest BCUT2D eigenvalue weighted by Crippen LogP contribution is -1.92. The summed E-state index contributed by atoms with van der Waals surface area (Å²) in [5, 5.41) is 10.1. The molecule has 308 valence electrons. The third-order valence-electron chi connectivity index (χ3n) is 13.2. The second-order valence-electron chi connectivity index (χ2n) is 17.1. The highest BCUT2D eigenvalue weighted by atomic mass is 14.2. The third-order valence-corrected chi connectivity index (χ3v) is 13.2. The minimum absolute atomic E-state index is 1.16. The molecule has 12 aromatic rings. The van der Waals surface area contributed by atoms with Crippen molar-refractivity contribution in [1.82, 2.24) is 0 Å². The van der Waals surface area contributed by atoms with Crippen molar-refractivity contribution in [3.63, 3.8) is 0 Å². The predicted molar refractivity (Wildman–Crippen MR) is 284 cm³/mol. The summed E-state index contributed by atoms with van der Waals surface area (Å²) in [6, 6.07) is 93.0. The van der Waals surface area contributed by atoms with Crippen LogP contribution < -0.4 is 0 Å². The van der Waals surface area contributed by atoms with Gasteiger partial charge < -0.3 is 0 Å². The van der Waals surface area contributed by atoms with Crippen molar-refractivity contribution in [2.45, 2.75) is 0 Å². The van der Waals surface area contributed by atoms with Crippen LogP contribution >= 0.6 is 0 Å². The van der Waals surface area contributed by atoms with Crippen molar-refractivity contribution >= 4 is 55.2 Å². The van der Waals surface area contributed by atoms with Crippen molar-refractivity contribution < 1.29 is 0 Å². The van der Waals surface area contributed by atoms with Gasteiger partial charge in [0.2, 0.25) is 0 Å². The van der Waals surface area contributed by atoms with Gasteiger partial charge >= 0.3 is 0 Å². The number of hydrogen-bond acceptors (Lipinski definition) is 0. The first kappa shape index (κ1) is 39.0. The fraction of sp³-hybridized carbons (Fsp3) is 0. The Labute approximate surface area is 386 Å². The molecule has 66 heavy (non-hydrogen) atoms. The topological polar surface area (TPSA) is 0 Å². The molecule has 0 radical (unpaired) electrons. The molecule has 0 unspecified atom stereocenters. The van der Waals surface area contributed by atoms with Gasteiger partial charge in [-0.25, -0.2) is 0 Å². The van der Waals surface area contributed by atoms with Crippen LogP contribution in [0.2, 0.25) is 0 Å². The van der Waals surface area contributed by atoms with Gasteiger partial charge in [0.1, 0.15) is 0 Å². The lowest BCUT2D eigenvalue weighted by molar-refractivity contribution is 1.58. The Balaban J connectivity index is 0.869. The first-order chi connectivity index (χ1) is 32.8. The van der Waals surface area contributed by atoms with E-state index in [2.05, 4.69) is 267 Å². The summed E-state index contributed by atoms with van der Waals surface area (Å²) in [7, 11) is 0. The maximum atomic E-state index is 2.36. The molecule has 0 aliphatic rings. The van der Waals surface area contributed by atoms with E-state index >= 15 is 0 Å². The number of benzene rings is 12. The fourth-order valence-electron chi connectivity index (χ4n) is 10.3. The molecular formula is C66H44. The van der Waals surface area contributed by atoms with Crippen molar-refractivity contribution in [1.29, 1.82) is 0 Å². The Morgan fingerprint density at radius 2 is 0.530 bits per heavy atom. The van der Waals surface area contributed by atoms with E-state index in [0.29, 0.717) is 0 Å². The summed E-state index contributed by atoms with van der Waals surface area (Å²) >= 11 is 0. The van der Waals surface area contributed by atoms with Gasteiger partial charge in [0.25, 0.3) is 0 Å². The smallest absolute Gasteiger partial charge is 0.00201 e. The van der Waals surface area contributed by atoms with E-state index in [9.17, 15) is 0 Å². The van der Waals surface area contributed by atoms with E-state index in [0.717, 1.165) is 11.1 Å². The minimum atomic E-state index is 1.16. The Kier molecular flexibility index (Phi) is 9.97.